The van der Waals surface area contributed by atoms with Crippen LogP contribution in [-0.4, -0.2) is 55.4 Å². The zero-order valence-corrected chi connectivity index (χ0v) is 11.2. The van der Waals surface area contributed by atoms with Gasteiger partial charge in [0.1, 0.15) is 5.82 Å². The second-order valence-electron chi connectivity index (χ2n) is 4.75. The molecule has 1 unspecified atom stereocenters. The van der Waals surface area contributed by atoms with Crippen LogP contribution in [-0.2, 0) is 0 Å². The van der Waals surface area contributed by atoms with E-state index in [9.17, 15) is 9.18 Å². The Morgan fingerprint density at radius 3 is 2.78 bits per heavy atom. The zero-order valence-electron chi connectivity index (χ0n) is 10.5. The molecule has 1 atom stereocenters. The molecule has 1 fully saturated rings. The molecule has 98 valence electrons. The van der Waals surface area contributed by atoms with Crippen LogP contribution in [0.4, 0.5) is 4.39 Å². The minimum atomic E-state index is -0.547. The van der Waals surface area contributed by atoms with E-state index >= 15 is 0 Å². The molecule has 1 heterocycles. The summed E-state index contributed by atoms with van der Waals surface area (Å²) in [6.07, 6.45) is 0. The average Bonchev–Trinajstić information content (AvgIpc) is 2.31. The molecule has 0 radical (unpaired) electrons. The molecular formula is C13H16ClFN2O. The maximum atomic E-state index is 13.7. The molecule has 0 saturated carbocycles. The lowest BCUT2D eigenvalue weighted by atomic mass is 10.0. The van der Waals surface area contributed by atoms with Gasteiger partial charge in [0.05, 0.1) is 11.6 Å². The summed E-state index contributed by atoms with van der Waals surface area (Å²) in [6.45, 7) is 2.35. The molecule has 1 aromatic carbocycles. The number of carbonyl (C=O) groups is 1. The van der Waals surface area contributed by atoms with Crippen molar-refractivity contribution in [2.75, 3.05) is 33.7 Å². The summed E-state index contributed by atoms with van der Waals surface area (Å²) < 4.78 is 13.7. The van der Waals surface area contributed by atoms with Crippen LogP contribution >= 0.6 is 11.6 Å². The monoisotopic (exact) mass is 270 g/mol. The molecule has 0 aliphatic carbocycles. The van der Waals surface area contributed by atoms with Gasteiger partial charge in [0.15, 0.2) is 5.78 Å². The third kappa shape index (κ3) is 2.71. The van der Waals surface area contributed by atoms with Crippen LogP contribution in [0.2, 0.25) is 5.02 Å². The summed E-state index contributed by atoms with van der Waals surface area (Å²) in [5, 5.41) is 0.304. The molecule has 1 saturated heterocycles. The highest BCUT2D eigenvalue weighted by molar-refractivity contribution is 6.30. The maximum absolute atomic E-state index is 13.7. The number of benzene rings is 1. The summed E-state index contributed by atoms with van der Waals surface area (Å²) in [5.74, 6) is -0.729. The van der Waals surface area contributed by atoms with Gasteiger partial charge >= 0.3 is 0 Å². The van der Waals surface area contributed by atoms with Crippen LogP contribution in [0.25, 0.3) is 0 Å². The molecule has 1 aliphatic rings. The summed E-state index contributed by atoms with van der Waals surface area (Å²) in [4.78, 5) is 16.4. The standard InChI is InChI=1S/C13H16ClFN2O/c1-16-5-6-17(2)12(8-16)13(18)10-4-3-9(14)7-11(10)15/h3-4,7,12H,5-6,8H2,1-2H3. The van der Waals surface area contributed by atoms with Gasteiger partial charge in [-0.25, -0.2) is 4.39 Å². The van der Waals surface area contributed by atoms with Crippen molar-refractivity contribution in [1.82, 2.24) is 9.80 Å². The van der Waals surface area contributed by atoms with Crippen LogP contribution < -0.4 is 0 Å². The molecule has 2 rings (SSSR count). The minimum absolute atomic E-state index is 0.117. The molecular weight excluding hydrogens is 255 g/mol. The van der Waals surface area contributed by atoms with Crippen molar-refractivity contribution in [3.63, 3.8) is 0 Å². The molecule has 5 heteroatoms. The Morgan fingerprint density at radius 1 is 1.39 bits per heavy atom. The average molecular weight is 271 g/mol. The normalized spacial score (nSPS) is 22.1. The van der Waals surface area contributed by atoms with Gasteiger partial charge in [-0.3, -0.25) is 9.69 Å². The van der Waals surface area contributed by atoms with E-state index in [0.717, 1.165) is 13.1 Å². The van der Waals surface area contributed by atoms with Gasteiger partial charge in [-0.1, -0.05) is 11.6 Å². The topological polar surface area (TPSA) is 23.6 Å². The molecule has 18 heavy (non-hydrogen) atoms. The Hall–Kier alpha value is -0.970. The number of hydrogen-bond acceptors (Lipinski definition) is 3. The SMILES string of the molecule is CN1CCN(C)C(C(=O)c2ccc(Cl)cc2F)C1. The molecule has 0 N–H and O–H groups in total. The van der Waals surface area contributed by atoms with Crippen molar-refractivity contribution in [3.05, 3.63) is 34.6 Å². The van der Waals surface area contributed by atoms with E-state index in [1.807, 2.05) is 19.0 Å². The summed E-state index contributed by atoms with van der Waals surface area (Å²) in [6, 6.07) is 3.90. The summed E-state index contributed by atoms with van der Waals surface area (Å²) in [5.41, 5.74) is 0.117. The van der Waals surface area contributed by atoms with Gasteiger partial charge in [0.25, 0.3) is 0 Å². The van der Waals surface area contributed by atoms with E-state index in [2.05, 4.69) is 4.90 Å². The first-order valence-electron chi connectivity index (χ1n) is 5.87. The van der Waals surface area contributed by atoms with Crippen molar-refractivity contribution in [1.29, 1.82) is 0 Å². The minimum Gasteiger partial charge on any atom is -0.303 e. The van der Waals surface area contributed by atoms with Crippen LogP contribution in [0.3, 0.4) is 0 Å². The second kappa shape index (κ2) is 5.34. The number of nitrogens with zero attached hydrogens (tertiary/aromatic N) is 2. The first-order chi connectivity index (χ1) is 8.49. The zero-order chi connectivity index (χ0) is 13.3. The predicted octanol–water partition coefficient (Wildman–Crippen LogP) is 1.91. The van der Waals surface area contributed by atoms with Gasteiger partial charge in [-0.05, 0) is 32.3 Å². The van der Waals surface area contributed by atoms with Crippen LogP contribution in [0, 0.1) is 5.82 Å². The van der Waals surface area contributed by atoms with E-state index in [-0.39, 0.29) is 17.4 Å². The molecule has 0 aromatic heterocycles. The number of rotatable bonds is 2. The van der Waals surface area contributed by atoms with Gasteiger partial charge in [0.2, 0.25) is 0 Å². The van der Waals surface area contributed by atoms with E-state index in [1.165, 1.54) is 12.1 Å². The Balaban J connectivity index is 2.24. The van der Waals surface area contributed by atoms with E-state index in [4.69, 9.17) is 11.6 Å². The van der Waals surface area contributed by atoms with Crippen molar-refractivity contribution in [3.8, 4) is 0 Å². The first kappa shape index (κ1) is 13.5. The third-order valence-corrected chi connectivity index (χ3v) is 3.59. The Bertz CT molecular complexity index is 466. The molecule has 0 amide bonds. The quantitative estimate of drug-likeness (QED) is 0.767. The van der Waals surface area contributed by atoms with Crippen molar-refractivity contribution in [2.24, 2.45) is 0 Å². The Morgan fingerprint density at radius 2 is 2.11 bits per heavy atom. The Labute approximate surface area is 111 Å². The van der Waals surface area contributed by atoms with Gasteiger partial charge in [-0.2, -0.15) is 0 Å². The van der Waals surface area contributed by atoms with Gasteiger partial charge in [-0.15, -0.1) is 0 Å². The smallest absolute Gasteiger partial charge is 0.184 e. The van der Waals surface area contributed by atoms with Gasteiger partial charge < -0.3 is 4.90 Å². The first-order valence-corrected chi connectivity index (χ1v) is 6.25. The lowest BCUT2D eigenvalue weighted by molar-refractivity contribution is 0.0682. The van der Waals surface area contributed by atoms with Crippen LogP contribution in [0.5, 0.6) is 0 Å². The lowest BCUT2D eigenvalue weighted by Crippen LogP contribution is -2.53. The van der Waals surface area contributed by atoms with Crippen molar-refractivity contribution in [2.45, 2.75) is 6.04 Å². The van der Waals surface area contributed by atoms with Gasteiger partial charge in [0, 0.05) is 24.7 Å². The highest BCUT2D eigenvalue weighted by atomic mass is 35.5. The van der Waals surface area contributed by atoms with E-state index in [1.54, 1.807) is 6.07 Å². The summed E-state index contributed by atoms with van der Waals surface area (Å²) >= 11 is 5.69. The van der Waals surface area contributed by atoms with Crippen LogP contribution in [0.1, 0.15) is 10.4 Å². The number of carbonyl (C=O) groups excluding carboxylic acids is 1. The third-order valence-electron chi connectivity index (χ3n) is 3.35. The van der Waals surface area contributed by atoms with E-state index in [0.29, 0.717) is 11.6 Å². The van der Waals surface area contributed by atoms with Crippen molar-refractivity contribution >= 4 is 17.4 Å². The number of ketones is 1. The van der Waals surface area contributed by atoms with Crippen molar-refractivity contribution < 1.29 is 9.18 Å². The maximum Gasteiger partial charge on any atom is 0.184 e. The molecule has 1 aromatic rings. The fraction of sp³-hybridized carbons (Fsp3) is 0.462. The number of piperazine rings is 1. The van der Waals surface area contributed by atoms with E-state index < -0.39 is 5.82 Å². The number of hydrogen-bond donors (Lipinski definition) is 0. The fourth-order valence-corrected chi connectivity index (χ4v) is 2.32. The molecule has 1 aliphatic heterocycles. The molecule has 3 nitrogen and oxygen atoms in total. The largest absolute Gasteiger partial charge is 0.303 e. The molecule has 0 bridgehead atoms. The summed E-state index contributed by atoms with van der Waals surface area (Å²) in [7, 11) is 3.86. The Kier molecular flexibility index (Phi) is 4.00. The highest BCUT2D eigenvalue weighted by Gasteiger charge is 2.30. The number of halogens is 2. The lowest BCUT2D eigenvalue weighted by Gasteiger charge is -2.36. The highest BCUT2D eigenvalue weighted by Crippen LogP contribution is 2.19. The number of likely N-dealkylation sites (N-methyl/N-ethyl adjacent to an activating group) is 2. The van der Waals surface area contributed by atoms with Crippen LogP contribution in [0.15, 0.2) is 18.2 Å². The second-order valence-corrected chi connectivity index (χ2v) is 5.18. The molecule has 0 spiro atoms. The number of Topliss-reactive ketones (excluding diaryl/α,β-unsaturated/α-hetero) is 1. The predicted molar refractivity (Wildman–Crippen MR) is 69.7 cm³/mol. The fourth-order valence-electron chi connectivity index (χ4n) is 2.16.